The Kier molecular flexibility index (Phi) is 4.97. The SMILES string of the molecule is CC[C@@]1(c2cccc(Cl)c2)NC(=O)N(Cc2cc(C(=O)OC)c(C)o2)C1=O. The van der Waals surface area contributed by atoms with Gasteiger partial charge in [0.15, 0.2) is 0 Å². The number of esters is 1. The van der Waals surface area contributed by atoms with Gasteiger partial charge >= 0.3 is 12.0 Å². The number of furan rings is 1. The van der Waals surface area contributed by atoms with Crippen LogP contribution in [0.2, 0.25) is 5.02 Å². The molecule has 0 saturated carbocycles. The molecule has 2 aromatic rings. The Morgan fingerprint density at radius 3 is 2.70 bits per heavy atom. The Labute approximate surface area is 161 Å². The fraction of sp³-hybridized carbons (Fsp3) is 0.316. The topological polar surface area (TPSA) is 88.8 Å². The lowest BCUT2D eigenvalue weighted by Crippen LogP contribution is -2.43. The third kappa shape index (κ3) is 3.19. The highest BCUT2D eigenvalue weighted by Gasteiger charge is 2.51. The van der Waals surface area contributed by atoms with E-state index in [2.05, 4.69) is 5.32 Å². The fourth-order valence-electron chi connectivity index (χ4n) is 3.25. The highest BCUT2D eigenvalue weighted by atomic mass is 35.5. The molecular formula is C19H19ClN2O5. The number of carbonyl (C=O) groups is 3. The molecule has 1 aliphatic heterocycles. The molecule has 7 nitrogen and oxygen atoms in total. The summed E-state index contributed by atoms with van der Waals surface area (Å²) in [7, 11) is 1.27. The number of ether oxygens (including phenoxy) is 1. The van der Waals surface area contributed by atoms with Crippen LogP contribution >= 0.6 is 11.6 Å². The molecule has 1 saturated heterocycles. The number of hydrogen-bond donors (Lipinski definition) is 1. The number of rotatable bonds is 5. The van der Waals surface area contributed by atoms with Crippen molar-refractivity contribution >= 4 is 29.5 Å². The molecule has 0 radical (unpaired) electrons. The van der Waals surface area contributed by atoms with Crippen LogP contribution in [0.3, 0.4) is 0 Å². The van der Waals surface area contributed by atoms with Crippen molar-refractivity contribution < 1.29 is 23.5 Å². The minimum Gasteiger partial charge on any atom is -0.465 e. The van der Waals surface area contributed by atoms with Crippen LogP contribution in [0.25, 0.3) is 0 Å². The van der Waals surface area contributed by atoms with Crippen LogP contribution in [-0.4, -0.2) is 29.9 Å². The second-order valence-electron chi connectivity index (χ2n) is 6.26. The summed E-state index contributed by atoms with van der Waals surface area (Å²) in [5, 5.41) is 3.26. The maximum Gasteiger partial charge on any atom is 0.341 e. The van der Waals surface area contributed by atoms with Gasteiger partial charge in [-0.05, 0) is 37.1 Å². The molecule has 1 fully saturated rings. The minimum atomic E-state index is -1.19. The lowest BCUT2D eigenvalue weighted by Gasteiger charge is -2.25. The van der Waals surface area contributed by atoms with E-state index in [1.165, 1.54) is 13.2 Å². The molecule has 0 unspecified atom stereocenters. The van der Waals surface area contributed by atoms with Gasteiger partial charge in [0.05, 0.1) is 13.7 Å². The maximum absolute atomic E-state index is 13.1. The first-order valence-electron chi connectivity index (χ1n) is 8.40. The summed E-state index contributed by atoms with van der Waals surface area (Å²) >= 11 is 6.06. The molecule has 3 amide bonds. The van der Waals surface area contributed by atoms with Gasteiger partial charge in [-0.2, -0.15) is 0 Å². The standard InChI is InChI=1S/C19H19ClN2O5/c1-4-19(12-6-5-7-13(20)8-12)17(24)22(18(25)21-19)10-14-9-15(11(2)27-14)16(23)26-3/h5-9H,4,10H2,1-3H3,(H,21,25)/t19-/m0/s1. The zero-order valence-electron chi connectivity index (χ0n) is 15.2. The van der Waals surface area contributed by atoms with Crippen LogP contribution < -0.4 is 5.32 Å². The van der Waals surface area contributed by atoms with Crippen LogP contribution in [0, 0.1) is 6.92 Å². The molecule has 0 bridgehead atoms. The first kappa shape index (κ1) is 19.0. The number of nitrogens with zero attached hydrogens (tertiary/aromatic N) is 1. The van der Waals surface area contributed by atoms with Crippen LogP contribution in [0.5, 0.6) is 0 Å². The average molecular weight is 391 g/mol. The molecule has 8 heteroatoms. The number of carbonyl (C=O) groups excluding carboxylic acids is 3. The predicted molar refractivity (Wildman–Crippen MR) is 97.3 cm³/mol. The number of imide groups is 1. The number of halogens is 1. The van der Waals surface area contributed by atoms with E-state index >= 15 is 0 Å². The van der Waals surface area contributed by atoms with Crippen LogP contribution in [0.15, 0.2) is 34.7 Å². The van der Waals surface area contributed by atoms with Crippen molar-refractivity contribution in [3.63, 3.8) is 0 Å². The summed E-state index contributed by atoms with van der Waals surface area (Å²) in [5.74, 6) is -0.262. The Balaban J connectivity index is 1.91. The maximum atomic E-state index is 13.1. The lowest BCUT2D eigenvalue weighted by molar-refractivity contribution is -0.132. The third-order valence-corrected chi connectivity index (χ3v) is 4.95. The number of methoxy groups -OCH3 is 1. The van der Waals surface area contributed by atoms with E-state index in [0.717, 1.165) is 4.90 Å². The molecule has 1 aromatic heterocycles. The molecule has 1 atom stereocenters. The van der Waals surface area contributed by atoms with Gasteiger partial charge in [0.25, 0.3) is 5.91 Å². The van der Waals surface area contributed by atoms with E-state index in [4.69, 9.17) is 20.8 Å². The van der Waals surface area contributed by atoms with Crippen molar-refractivity contribution in [2.24, 2.45) is 0 Å². The fourth-order valence-corrected chi connectivity index (χ4v) is 3.44. The number of hydrogen-bond acceptors (Lipinski definition) is 5. The molecule has 0 spiro atoms. The summed E-state index contributed by atoms with van der Waals surface area (Å²) in [4.78, 5) is 38.5. The van der Waals surface area contributed by atoms with Gasteiger partial charge in [0, 0.05) is 5.02 Å². The highest BCUT2D eigenvalue weighted by Crippen LogP contribution is 2.34. The number of urea groups is 1. The molecule has 0 aliphatic carbocycles. The Morgan fingerprint density at radius 2 is 2.07 bits per heavy atom. The third-order valence-electron chi connectivity index (χ3n) is 4.71. The van der Waals surface area contributed by atoms with Gasteiger partial charge in [-0.3, -0.25) is 9.69 Å². The summed E-state index contributed by atoms with van der Waals surface area (Å²) in [6.45, 7) is 3.34. The Morgan fingerprint density at radius 1 is 1.33 bits per heavy atom. The molecule has 1 aliphatic rings. The van der Waals surface area contributed by atoms with E-state index in [1.807, 2.05) is 6.92 Å². The Bertz CT molecular complexity index is 923. The molecule has 3 rings (SSSR count). The Hall–Kier alpha value is -2.80. The minimum absolute atomic E-state index is 0.0924. The predicted octanol–water partition coefficient (Wildman–Crippen LogP) is 3.39. The van der Waals surface area contributed by atoms with Crippen molar-refractivity contribution in [2.45, 2.75) is 32.4 Å². The van der Waals surface area contributed by atoms with Crippen LogP contribution in [0.1, 0.15) is 40.8 Å². The van der Waals surface area contributed by atoms with Crippen LogP contribution in [0.4, 0.5) is 4.79 Å². The molecule has 2 heterocycles. The largest absolute Gasteiger partial charge is 0.465 e. The molecule has 1 aromatic carbocycles. The summed E-state index contributed by atoms with van der Waals surface area (Å²) in [6, 6.07) is 7.80. The quantitative estimate of drug-likeness (QED) is 0.624. The normalized spacial score (nSPS) is 19.3. The van der Waals surface area contributed by atoms with Crippen molar-refractivity contribution in [1.29, 1.82) is 0 Å². The summed E-state index contributed by atoms with van der Waals surface area (Å²) < 4.78 is 10.2. The van der Waals surface area contributed by atoms with E-state index in [-0.39, 0.29) is 12.1 Å². The first-order valence-corrected chi connectivity index (χ1v) is 8.78. The van der Waals surface area contributed by atoms with E-state index in [1.54, 1.807) is 31.2 Å². The van der Waals surface area contributed by atoms with E-state index in [0.29, 0.717) is 28.5 Å². The molecule has 27 heavy (non-hydrogen) atoms. The van der Waals surface area contributed by atoms with Gasteiger partial charge in [-0.1, -0.05) is 30.7 Å². The zero-order chi connectivity index (χ0) is 19.8. The van der Waals surface area contributed by atoms with Crippen molar-refractivity contribution in [3.8, 4) is 0 Å². The van der Waals surface area contributed by atoms with Crippen LogP contribution in [-0.2, 0) is 21.6 Å². The van der Waals surface area contributed by atoms with E-state index in [9.17, 15) is 14.4 Å². The van der Waals surface area contributed by atoms with Gasteiger partial charge in [-0.25, -0.2) is 9.59 Å². The summed E-state index contributed by atoms with van der Waals surface area (Å²) in [6.07, 6.45) is 0.360. The summed E-state index contributed by atoms with van der Waals surface area (Å²) in [5.41, 5.74) is -0.310. The van der Waals surface area contributed by atoms with Gasteiger partial charge in [-0.15, -0.1) is 0 Å². The second kappa shape index (κ2) is 7.08. The molecule has 142 valence electrons. The van der Waals surface area contributed by atoms with Gasteiger partial charge in [0.2, 0.25) is 0 Å². The smallest absolute Gasteiger partial charge is 0.341 e. The average Bonchev–Trinajstić information content (AvgIpc) is 3.13. The zero-order valence-corrected chi connectivity index (χ0v) is 15.9. The number of nitrogens with one attached hydrogen (secondary N) is 1. The van der Waals surface area contributed by atoms with Gasteiger partial charge in [0.1, 0.15) is 22.6 Å². The highest BCUT2D eigenvalue weighted by molar-refractivity contribution is 6.30. The number of aryl methyl sites for hydroxylation is 1. The van der Waals surface area contributed by atoms with Crippen molar-refractivity contribution in [1.82, 2.24) is 10.2 Å². The monoisotopic (exact) mass is 390 g/mol. The molecular weight excluding hydrogens is 372 g/mol. The lowest BCUT2D eigenvalue weighted by atomic mass is 9.87. The van der Waals surface area contributed by atoms with Crippen molar-refractivity contribution in [3.05, 3.63) is 58.0 Å². The van der Waals surface area contributed by atoms with Crippen molar-refractivity contribution in [2.75, 3.05) is 7.11 Å². The molecule has 1 N–H and O–H groups in total. The first-order chi connectivity index (χ1) is 12.8. The number of benzene rings is 1. The van der Waals surface area contributed by atoms with E-state index < -0.39 is 23.4 Å². The number of amides is 3. The second-order valence-corrected chi connectivity index (χ2v) is 6.70. The van der Waals surface area contributed by atoms with Gasteiger partial charge < -0.3 is 14.5 Å².